The molecular formula is C11H20N2O4. The third-order valence-electron chi connectivity index (χ3n) is 2.06. The molecule has 0 aromatic carbocycles. The Morgan fingerprint density at radius 1 is 1.29 bits per heavy atom. The van der Waals surface area contributed by atoms with Crippen molar-refractivity contribution in [2.24, 2.45) is 5.73 Å². The van der Waals surface area contributed by atoms with E-state index < -0.39 is 23.8 Å². The summed E-state index contributed by atoms with van der Waals surface area (Å²) in [6.07, 6.45) is 2.51. The largest absolute Gasteiger partial charge is 0.464 e. The van der Waals surface area contributed by atoms with E-state index in [0.717, 1.165) is 19.3 Å². The van der Waals surface area contributed by atoms with Crippen LogP contribution in [-0.4, -0.2) is 30.4 Å². The number of amides is 2. The summed E-state index contributed by atoms with van der Waals surface area (Å²) < 4.78 is 4.95. The first-order valence-corrected chi connectivity index (χ1v) is 5.69. The molecular weight excluding hydrogens is 224 g/mol. The summed E-state index contributed by atoms with van der Waals surface area (Å²) in [5.74, 6) is -1.67. The van der Waals surface area contributed by atoms with Crippen LogP contribution in [0.3, 0.4) is 0 Å². The predicted octanol–water partition coefficient (Wildman–Crippen LogP) is 0.0999. The van der Waals surface area contributed by atoms with Crippen molar-refractivity contribution < 1.29 is 19.1 Å². The Kier molecular flexibility index (Phi) is 7.75. The monoisotopic (exact) mass is 244 g/mol. The Bertz CT molecular complexity index is 263. The SMILES string of the molecule is CCCCCOC(=O)C(CC(N)=O)NC(C)=O. The first kappa shape index (κ1) is 15.4. The number of carbonyl (C=O) groups excluding carboxylic acids is 3. The van der Waals surface area contributed by atoms with Gasteiger partial charge in [-0.2, -0.15) is 0 Å². The quantitative estimate of drug-likeness (QED) is 0.467. The summed E-state index contributed by atoms with van der Waals surface area (Å²) in [5, 5.41) is 2.34. The number of rotatable bonds is 8. The second kappa shape index (κ2) is 8.55. The molecule has 0 aliphatic rings. The van der Waals surface area contributed by atoms with Gasteiger partial charge in [0.1, 0.15) is 6.04 Å². The maximum Gasteiger partial charge on any atom is 0.329 e. The Balaban J connectivity index is 4.12. The van der Waals surface area contributed by atoms with E-state index in [1.165, 1.54) is 6.92 Å². The number of hydrogen-bond donors (Lipinski definition) is 2. The van der Waals surface area contributed by atoms with E-state index in [0.29, 0.717) is 6.61 Å². The normalized spacial score (nSPS) is 11.6. The summed E-state index contributed by atoms with van der Waals surface area (Å²) in [5.41, 5.74) is 4.99. The highest BCUT2D eigenvalue weighted by Gasteiger charge is 2.22. The highest BCUT2D eigenvalue weighted by atomic mass is 16.5. The fraction of sp³-hybridized carbons (Fsp3) is 0.727. The zero-order valence-corrected chi connectivity index (χ0v) is 10.3. The molecule has 0 bridgehead atoms. The summed E-state index contributed by atoms with van der Waals surface area (Å²) in [6, 6.07) is -0.980. The third-order valence-corrected chi connectivity index (χ3v) is 2.06. The Morgan fingerprint density at radius 2 is 1.94 bits per heavy atom. The minimum atomic E-state index is -0.980. The lowest BCUT2D eigenvalue weighted by molar-refractivity contribution is -0.149. The van der Waals surface area contributed by atoms with Gasteiger partial charge in [-0.1, -0.05) is 19.8 Å². The van der Waals surface area contributed by atoms with Crippen molar-refractivity contribution in [3.05, 3.63) is 0 Å². The molecule has 17 heavy (non-hydrogen) atoms. The molecule has 0 fully saturated rings. The standard InChI is InChI=1S/C11H20N2O4/c1-3-4-5-6-17-11(16)9(7-10(12)15)13-8(2)14/h9H,3-7H2,1-2H3,(H2,12,15)(H,13,14). The van der Waals surface area contributed by atoms with Crippen molar-refractivity contribution in [1.29, 1.82) is 0 Å². The lowest BCUT2D eigenvalue weighted by atomic mass is 10.2. The number of carbonyl (C=O) groups is 3. The molecule has 0 rings (SSSR count). The van der Waals surface area contributed by atoms with Gasteiger partial charge in [0.15, 0.2) is 0 Å². The predicted molar refractivity (Wildman–Crippen MR) is 61.9 cm³/mol. The van der Waals surface area contributed by atoms with E-state index in [4.69, 9.17) is 10.5 Å². The maximum absolute atomic E-state index is 11.5. The van der Waals surface area contributed by atoms with Gasteiger partial charge in [0.05, 0.1) is 13.0 Å². The minimum Gasteiger partial charge on any atom is -0.464 e. The zero-order valence-electron chi connectivity index (χ0n) is 10.3. The number of esters is 1. The molecule has 2 amide bonds. The van der Waals surface area contributed by atoms with Crippen LogP contribution in [0.1, 0.15) is 39.5 Å². The Hall–Kier alpha value is -1.59. The summed E-state index contributed by atoms with van der Waals surface area (Å²) in [7, 11) is 0. The molecule has 0 spiro atoms. The molecule has 0 saturated heterocycles. The fourth-order valence-electron chi connectivity index (χ4n) is 1.27. The molecule has 0 saturated carbocycles. The summed E-state index contributed by atoms with van der Waals surface area (Å²) in [6.45, 7) is 3.59. The Labute approximate surface area is 101 Å². The minimum absolute atomic E-state index is 0.244. The average Bonchev–Trinajstić information content (AvgIpc) is 2.22. The first-order valence-electron chi connectivity index (χ1n) is 5.69. The molecule has 6 nitrogen and oxygen atoms in total. The van der Waals surface area contributed by atoms with E-state index in [1.54, 1.807) is 0 Å². The average molecular weight is 244 g/mol. The van der Waals surface area contributed by atoms with Gasteiger partial charge in [0.25, 0.3) is 0 Å². The van der Waals surface area contributed by atoms with Crippen molar-refractivity contribution in [3.8, 4) is 0 Å². The van der Waals surface area contributed by atoms with E-state index in [2.05, 4.69) is 5.32 Å². The van der Waals surface area contributed by atoms with Crippen LogP contribution in [0, 0.1) is 0 Å². The van der Waals surface area contributed by atoms with E-state index >= 15 is 0 Å². The van der Waals surface area contributed by atoms with Crippen LogP contribution in [0.15, 0.2) is 0 Å². The maximum atomic E-state index is 11.5. The van der Waals surface area contributed by atoms with Gasteiger partial charge in [-0.05, 0) is 6.42 Å². The second-order valence-electron chi connectivity index (χ2n) is 3.80. The Morgan fingerprint density at radius 3 is 2.41 bits per heavy atom. The van der Waals surface area contributed by atoms with Crippen molar-refractivity contribution >= 4 is 17.8 Å². The number of ether oxygens (including phenoxy) is 1. The lowest BCUT2D eigenvalue weighted by Gasteiger charge is -2.15. The first-order chi connectivity index (χ1) is 7.97. The molecule has 1 atom stereocenters. The number of primary amides is 1. The molecule has 6 heteroatoms. The molecule has 0 aliphatic heterocycles. The highest BCUT2D eigenvalue weighted by molar-refractivity contribution is 5.88. The number of nitrogens with two attached hydrogens (primary N) is 1. The summed E-state index contributed by atoms with van der Waals surface area (Å²) >= 11 is 0. The topological polar surface area (TPSA) is 98.5 Å². The second-order valence-corrected chi connectivity index (χ2v) is 3.80. The van der Waals surface area contributed by atoms with E-state index in [-0.39, 0.29) is 6.42 Å². The third kappa shape index (κ3) is 8.24. The van der Waals surface area contributed by atoms with Crippen LogP contribution in [0.5, 0.6) is 0 Å². The van der Waals surface area contributed by atoms with Crippen molar-refractivity contribution in [1.82, 2.24) is 5.32 Å². The van der Waals surface area contributed by atoms with Crippen LogP contribution in [0.25, 0.3) is 0 Å². The molecule has 0 aliphatic carbocycles. The van der Waals surface area contributed by atoms with Gasteiger partial charge < -0.3 is 15.8 Å². The number of hydrogen-bond acceptors (Lipinski definition) is 4. The summed E-state index contributed by atoms with van der Waals surface area (Å²) in [4.78, 5) is 33.1. The number of unbranched alkanes of at least 4 members (excludes halogenated alkanes) is 2. The van der Waals surface area contributed by atoms with Gasteiger partial charge in [0, 0.05) is 6.92 Å². The van der Waals surface area contributed by atoms with Crippen molar-refractivity contribution in [3.63, 3.8) is 0 Å². The molecule has 0 aromatic heterocycles. The molecule has 1 unspecified atom stereocenters. The van der Waals surface area contributed by atoms with Gasteiger partial charge in [0.2, 0.25) is 11.8 Å². The van der Waals surface area contributed by atoms with E-state index in [1.807, 2.05) is 6.92 Å². The molecule has 0 aromatic rings. The number of nitrogens with one attached hydrogen (secondary N) is 1. The van der Waals surface area contributed by atoms with Gasteiger partial charge in [-0.15, -0.1) is 0 Å². The van der Waals surface area contributed by atoms with Gasteiger partial charge >= 0.3 is 5.97 Å². The highest BCUT2D eigenvalue weighted by Crippen LogP contribution is 1.99. The molecule has 3 N–H and O–H groups in total. The van der Waals surface area contributed by atoms with Gasteiger partial charge in [-0.3, -0.25) is 9.59 Å². The zero-order chi connectivity index (χ0) is 13.3. The fourth-order valence-corrected chi connectivity index (χ4v) is 1.27. The molecule has 98 valence electrons. The van der Waals surface area contributed by atoms with Crippen molar-refractivity contribution in [2.45, 2.75) is 45.6 Å². The van der Waals surface area contributed by atoms with Crippen molar-refractivity contribution in [2.75, 3.05) is 6.61 Å². The van der Waals surface area contributed by atoms with Gasteiger partial charge in [-0.25, -0.2) is 4.79 Å². The smallest absolute Gasteiger partial charge is 0.329 e. The molecule has 0 heterocycles. The van der Waals surface area contributed by atoms with Crippen LogP contribution >= 0.6 is 0 Å². The van der Waals surface area contributed by atoms with Crippen LogP contribution in [0.2, 0.25) is 0 Å². The van der Waals surface area contributed by atoms with Crippen LogP contribution in [0.4, 0.5) is 0 Å². The van der Waals surface area contributed by atoms with Crippen LogP contribution < -0.4 is 11.1 Å². The molecule has 0 radical (unpaired) electrons. The van der Waals surface area contributed by atoms with E-state index in [9.17, 15) is 14.4 Å². The van der Waals surface area contributed by atoms with Crippen LogP contribution in [-0.2, 0) is 19.1 Å². The lowest BCUT2D eigenvalue weighted by Crippen LogP contribution is -2.43.